The first-order valence-electron chi connectivity index (χ1n) is 6.48. The van der Waals surface area contributed by atoms with Gasteiger partial charge in [0.1, 0.15) is 0 Å². The fraction of sp³-hybridized carbons (Fsp3) is 0.571. The van der Waals surface area contributed by atoms with E-state index >= 15 is 0 Å². The summed E-state index contributed by atoms with van der Waals surface area (Å²) >= 11 is 0. The van der Waals surface area contributed by atoms with Crippen LogP contribution in [0.5, 0.6) is 0 Å². The number of nitrogens with one attached hydrogen (secondary N) is 1. The maximum absolute atomic E-state index is 12.0. The molecule has 0 bridgehead atoms. The van der Waals surface area contributed by atoms with Crippen LogP contribution in [0.25, 0.3) is 0 Å². The molecule has 0 aromatic heterocycles. The zero-order valence-corrected chi connectivity index (χ0v) is 10.1. The van der Waals surface area contributed by atoms with Crippen LogP contribution in [0.3, 0.4) is 0 Å². The van der Waals surface area contributed by atoms with Gasteiger partial charge in [0, 0.05) is 41.3 Å². The number of carbonyl (C=O) groups excluding carboxylic acids is 2. The molecule has 90 valence electrons. The van der Waals surface area contributed by atoms with Crippen molar-refractivity contribution in [1.29, 1.82) is 0 Å². The van der Waals surface area contributed by atoms with E-state index in [1.165, 1.54) is 0 Å². The second kappa shape index (κ2) is 3.83. The Labute approximate surface area is 101 Å². The molecule has 17 heavy (non-hydrogen) atoms. The molecule has 0 aromatic carbocycles. The lowest BCUT2D eigenvalue weighted by Gasteiger charge is -2.35. The number of dihydropyridines is 1. The molecule has 1 aliphatic heterocycles. The smallest absolute Gasteiger partial charge is 0.161 e. The second-order valence-corrected chi connectivity index (χ2v) is 5.18. The Hall–Kier alpha value is -1.38. The first kappa shape index (κ1) is 10.8. The van der Waals surface area contributed by atoms with Crippen LogP contribution in [-0.4, -0.2) is 11.6 Å². The molecule has 0 unspecified atom stereocenters. The Bertz CT molecular complexity index is 429. The molecular weight excluding hydrogens is 214 g/mol. The maximum atomic E-state index is 12.0. The number of Topliss-reactive ketones (excluding diaryl/α,β-unsaturated/α-hetero) is 2. The third-order valence-electron chi connectivity index (χ3n) is 4.08. The standard InChI is InChI=1S/C14H17NO2/c1-8-13-9(4-2-6-11(13)16)15-10-5-3-7-12(17)14(8)10/h8,15H,2-7H2,1H3. The fourth-order valence-corrected chi connectivity index (χ4v) is 3.32. The van der Waals surface area contributed by atoms with Gasteiger partial charge < -0.3 is 5.32 Å². The van der Waals surface area contributed by atoms with Crippen molar-refractivity contribution in [2.45, 2.75) is 45.4 Å². The van der Waals surface area contributed by atoms with Gasteiger partial charge in [-0.15, -0.1) is 0 Å². The summed E-state index contributed by atoms with van der Waals surface area (Å²) in [4.78, 5) is 24.0. The van der Waals surface area contributed by atoms with E-state index in [0.29, 0.717) is 12.8 Å². The van der Waals surface area contributed by atoms with Crippen molar-refractivity contribution in [2.24, 2.45) is 5.92 Å². The molecule has 3 heteroatoms. The fourth-order valence-electron chi connectivity index (χ4n) is 3.32. The summed E-state index contributed by atoms with van der Waals surface area (Å²) in [7, 11) is 0. The molecule has 0 spiro atoms. The highest BCUT2D eigenvalue weighted by Crippen LogP contribution is 2.39. The normalized spacial score (nSPS) is 25.7. The van der Waals surface area contributed by atoms with Crippen LogP contribution < -0.4 is 5.32 Å². The summed E-state index contributed by atoms with van der Waals surface area (Å²) in [5, 5.41) is 3.37. The van der Waals surface area contributed by atoms with Crippen molar-refractivity contribution >= 4 is 11.6 Å². The Morgan fingerprint density at radius 1 is 0.882 bits per heavy atom. The van der Waals surface area contributed by atoms with Gasteiger partial charge in [0.15, 0.2) is 11.6 Å². The van der Waals surface area contributed by atoms with Crippen molar-refractivity contribution in [1.82, 2.24) is 5.32 Å². The van der Waals surface area contributed by atoms with Crippen LogP contribution in [-0.2, 0) is 9.59 Å². The van der Waals surface area contributed by atoms with E-state index in [1.54, 1.807) is 0 Å². The molecule has 3 nitrogen and oxygen atoms in total. The Kier molecular flexibility index (Phi) is 2.42. The molecule has 3 rings (SSSR count). The van der Waals surface area contributed by atoms with Gasteiger partial charge >= 0.3 is 0 Å². The molecule has 0 saturated heterocycles. The summed E-state index contributed by atoms with van der Waals surface area (Å²) < 4.78 is 0. The molecule has 0 saturated carbocycles. The minimum absolute atomic E-state index is 0.0156. The number of rotatable bonds is 0. The zero-order valence-electron chi connectivity index (χ0n) is 10.1. The van der Waals surface area contributed by atoms with Gasteiger partial charge in [0.2, 0.25) is 0 Å². The zero-order chi connectivity index (χ0) is 12.0. The lowest BCUT2D eigenvalue weighted by Crippen LogP contribution is -2.36. The topological polar surface area (TPSA) is 46.2 Å². The predicted octanol–water partition coefficient (Wildman–Crippen LogP) is 2.24. The molecule has 0 fully saturated rings. The van der Waals surface area contributed by atoms with Crippen molar-refractivity contribution in [3.8, 4) is 0 Å². The lowest BCUT2D eigenvalue weighted by molar-refractivity contribution is -0.117. The highest BCUT2D eigenvalue weighted by atomic mass is 16.1. The Morgan fingerprint density at radius 2 is 1.35 bits per heavy atom. The van der Waals surface area contributed by atoms with Crippen LogP contribution in [0.2, 0.25) is 0 Å². The average molecular weight is 231 g/mol. The van der Waals surface area contributed by atoms with Crippen LogP contribution >= 0.6 is 0 Å². The number of hydrogen-bond donors (Lipinski definition) is 1. The lowest BCUT2D eigenvalue weighted by atomic mass is 9.75. The van der Waals surface area contributed by atoms with E-state index in [1.807, 2.05) is 6.92 Å². The SMILES string of the molecule is CC1C2=C(CCCC2=O)NC2=C1C(=O)CCC2. The molecule has 0 amide bonds. The summed E-state index contributed by atoms with van der Waals surface area (Å²) in [6.07, 6.45) is 5.07. The minimum Gasteiger partial charge on any atom is -0.362 e. The van der Waals surface area contributed by atoms with Crippen molar-refractivity contribution in [3.63, 3.8) is 0 Å². The van der Waals surface area contributed by atoms with Crippen molar-refractivity contribution < 1.29 is 9.59 Å². The van der Waals surface area contributed by atoms with E-state index in [-0.39, 0.29) is 17.5 Å². The van der Waals surface area contributed by atoms with Crippen LogP contribution in [0, 0.1) is 5.92 Å². The van der Waals surface area contributed by atoms with Gasteiger partial charge in [0.25, 0.3) is 0 Å². The Balaban J connectivity index is 2.04. The number of ketones is 2. The van der Waals surface area contributed by atoms with Gasteiger partial charge in [-0.25, -0.2) is 0 Å². The van der Waals surface area contributed by atoms with E-state index in [4.69, 9.17) is 0 Å². The summed E-state index contributed by atoms with van der Waals surface area (Å²) in [6, 6.07) is 0. The molecule has 1 heterocycles. The summed E-state index contributed by atoms with van der Waals surface area (Å²) in [6.45, 7) is 2.01. The molecular formula is C14H17NO2. The largest absolute Gasteiger partial charge is 0.362 e. The minimum atomic E-state index is 0.0156. The monoisotopic (exact) mass is 231 g/mol. The van der Waals surface area contributed by atoms with Gasteiger partial charge in [-0.05, 0) is 25.7 Å². The number of hydrogen-bond acceptors (Lipinski definition) is 3. The average Bonchev–Trinajstić information content (AvgIpc) is 2.28. The van der Waals surface area contributed by atoms with Crippen LogP contribution in [0.1, 0.15) is 45.4 Å². The summed E-state index contributed by atoms with van der Waals surface area (Å²) in [5.41, 5.74) is 3.93. The molecule has 3 aliphatic rings. The maximum Gasteiger partial charge on any atom is 0.161 e. The van der Waals surface area contributed by atoms with E-state index < -0.39 is 0 Å². The molecule has 0 radical (unpaired) electrons. The molecule has 1 N–H and O–H groups in total. The molecule has 0 aromatic rings. The summed E-state index contributed by atoms with van der Waals surface area (Å²) in [5.74, 6) is 0.481. The highest BCUT2D eigenvalue weighted by Gasteiger charge is 2.36. The first-order valence-corrected chi connectivity index (χ1v) is 6.48. The van der Waals surface area contributed by atoms with E-state index in [0.717, 1.165) is 48.2 Å². The molecule has 0 atom stereocenters. The van der Waals surface area contributed by atoms with Crippen molar-refractivity contribution in [2.75, 3.05) is 0 Å². The van der Waals surface area contributed by atoms with Gasteiger partial charge in [-0.2, -0.15) is 0 Å². The first-order chi connectivity index (χ1) is 8.18. The molecule has 2 aliphatic carbocycles. The second-order valence-electron chi connectivity index (χ2n) is 5.18. The predicted molar refractivity (Wildman–Crippen MR) is 64.1 cm³/mol. The van der Waals surface area contributed by atoms with Gasteiger partial charge in [-0.3, -0.25) is 9.59 Å². The number of allylic oxidation sites excluding steroid dienone is 4. The van der Waals surface area contributed by atoms with Crippen LogP contribution in [0.15, 0.2) is 22.5 Å². The van der Waals surface area contributed by atoms with E-state index in [9.17, 15) is 9.59 Å². The van der Waals surface area contributed by atoms with E-state index in [2.05, 4.69) is 5.32 Å². The highest BCUT2D eigenvalue weighted by molar-refractivity contribution is 6.04. The Morgan fingerprint density at radius 3 is 1.82 bits per heavy atom. The van der Waals surface area contributed by atoms with Gasteiger partial charge in [-0.1, -0.05) is 6.92 Å². The third kappa shape index (κ3) is 1.56. The van der Waals surface area contributed by atoms with Gasteiger partial charge in [0.05, 0.1) is 0 Å². The third-order valence-corrected chi connectivity index (χ3v) is 4.08. The van der Waals surface area contributed by atoms with Crippen LogP contribution in [0.4, 0.5) is 0 Å². The number of carbonyl (C=O) groups is 2. The quantitative estimate of drug-likeness (QED) is 0.695. The van der Waals surface area contributed by atoms with Crippen molar-refractivity contribution in [3.05, 3.63) is 22.5 Å².